The first kappa shape index (κ1) is 43.5. The number of pyridine rings is 2. The third kappa shape index (κ3) is 6.94. The summed E-state index contributed by atoms with van der Waals surface area (Å²) >= 11 is 0. The summed E-state index contributed by atoms with van der Waals surface area (Å²) in [6, 6.07) is 48.1. The fraction of sp³-hybridized carbons (Fsp3) is 0.250. The molecule has 11 aromatic rings. The molecular weight excluding hydrogens is 825 g/mol. The van der Waals surface area contributed by atoms with Crippen LogP contribution in [-0.4, -0.2) is 18.8 Å². The zero-order chi connectivity index (χ0) is 47.3. The zero-order valence-electron chi connectivity index (χ0n) is 41.6. The first-order chi connectivity index (χ1) is 32.8. The number of fused-ring (bicyclic) bond motifs is 12. The number of hydrogen-bond donors (Lipinski definition) is 0. The van der Waals surface area contributed by atoms with Crippen molar-refractivity contribution in [3.05, 3.63) is 190 Å². The fourth-order valence-electron chi connectivity index (χ4n) is 11.3. The molecule has 0 saturated heterocycles. The molecule has 0 saturated carbocycles. The van der Waals surface area contributed by atoms with Crippen molar-refractivity contribution in [2.24, 2.45) is 0 Å². The summed E-state index contributed by atoms with van der Waals surface area (Å²) in [5.41, 5.74) is 23.8. The van der Waals surface area contributed by atoms with Crippen LogP contribution in [0.2, 0.25) is 0 Å². The van der Waals surface area contributed by atoms with Gasteiger partial charge in [0.25, 0.3) is 0 Å². The van der Waals surface area contributed by atoms with Crippen LogP contribution in [0.1, 0.15) is 122 Å². The first-order valence-electron chi connectivity index (χ1n) is 24.8. The van der Waals surface area contributed by atoms with Gasteiger partial charge in [0.05, 0.1) is 34.8 Å². The largest absolute Gasteiger partial charge is 0.292 e. The van der Waals surface area contributed by atoms with E-state index in [1.807, 2.05) is 0 Å². The number of hydrogen-bond acceptors (Lipinski definition) is 2. The van der Waals surface area contributed by atoms with E-state index in [2.05, 4.69) is 225 Å². The average Bonchev–Trinajstić information content (AvgIpc) is 3.98. The van der Waals surface area contributed by atoms with E-state index in [1.54, 1.807) is 0 Å². The standard InChI is InChI=1S/C64H62N4/c1-36(2)47-22-17-23-48(61(47)59-34-65-63-50-21-16-15-20-49(50)55-27-39(7)41(9)29-57(55)67(59)63)43(11)26-44-24-25-51-54(31-44)56-28-40(8)42(10)30-58(56)68-60(35-66-64(51)68)62-52(37(3)4)32-46(33-53(62)38(5)6)45-18-13-12-14-19-45/h12-25,27-38,43H,26H2,1-11H3. The Labute approximate surface area is 401 Å². The van der Waals surface area contributed by atoms with E-state index in [4.69, 9.17) is 9.97 Å². The Morgan fingerprint density at radius 1 is 0.397 bits per heavy atom. The van der Waals surface area contributed by atoms with Crippen molar-refractivity contribution in [3.63, 3.8) is 0 Å². The summed E-state index contributed by atoms with van der Waals surface area (Å²) in [7, 11) is 0. The van der Waals surface area contributed by atoms with E-state index < -0.39 is 0 Å². The summed E-state index contributed by atoms with van der Waals surface area (Å²) in [4.78, 5) is 10.6. The molecule has 338 valence electrons. The molecule has 7 aromatic carbocycles. The topological polar surface area (TPSA) is 34.6 Å². The Morgan fingerprint density at radius 3 is 1.46 bits per heavy atom. The van der Waals surface area contributed by atoms with Crippen LogP contribution in [0.25, 0.3) is 88.3 Å². The molecule has 4 aromatic heterocycles. The molecule has 68 heavy (non-hydrogen) atoms. The van der Waals surface area contributed by atoms with E-state index in [0.717, 1.165) is 29.1 Å². The van der Waals surface area contributed by atoms with E-state index in [9.17, 15) is 0 Å². The minimum Gasteiger partial charge on any atom is -0.292 e. The van der Waals surface area contributed by atoms with Crippen LogP contribution in [0.15, 0.2) is 140 Å². The molecule has 0 N–H and O–H groups in total. The van der Waals surface area contributed by atoms with Gasteiger partial charge in [0.1, 0.15) is 11.3 Å². The Bertz CT molecular complexity index is 3770. The van der Waals surface area contributed by atoms with Crippen molar-refractivity contribution in [1.82, 2.24) is 18.8 Å². The summed E-state index contributed by atoms with van der Waals surface area (Å²) in [5.74, 6) is 1.19. The molecule has 0 bridgehead atoms. The van der Waals surface area contributed by atoms with Crippen molar-refractivity contribution in [2.45, 2.75) is 106 Å². The summed E-state index contributed by atoms with van der Waals surface area (Å²) < 4.78 is 4.92. The van der Waals surface area contributed by atoms with Gasteiger partial charge in [-0.3, -0.25) is 8.80 Å². The van der Waals surface area contributed by atoms with Gasteiger partial charge >= 0.3 is 0 Å². The van der Waals surface area contributed by atoms with Gasteiger partial charge in [-0.25, -0.2) is 9.97 Å². The van der Waals surface area contributed by atoms with Crippen LogP contribution in [0.3, 0.4) is 0 Å². The molecule has 0 aliphatic carbocycles. The number of aromatic nitrogens is 4. The Morgan fingerprint density at radius 2 is 0.882 bits per heavy atom. The molecule has 4 heterocycles. The normalized spacial score (nSPS) is 12.7. The van der Waals surface area contributed by atoms with Crippen LogP contribution in [-0.2, 0) is 6.42 Å². The maximum atomic E-state index is 5.34. The minimum atomic E-state index is 0.224. The Kier molecular flexibility index (Phi) is 10.6. The number of nitrogens with zero attached hydrogens (tertiary/aromatic N) is 4. The third-order valence-electron chi connectivity index (χ3n) is 15.2. The van der Waals surface area contributed by atoms with E-state index in [0.29, 0.717) is 17.8 Å². The molecule has 4 heteroatoms. The highest BCUT2D eigenvalue weighted by atomic mass is 15.0. The van der Waals surface area contributed by atoms with Crippen molar-refractivity contribution in [2.75, 3.05) is 0 Å². The lowest BCUT2D eigenvalue weighted by molar-refractivity contribution is 0.755. The van der Waals surface area contributed by atoms with E-state index in [1.165, 1.54) is 116 Å². The summed E-state index contributed by atoms with van der Waals surface area (Å²) in [6.45, 7) is 25.3. The lowest BCUT2D eigenvalue weighted by Crippen LogP contribution is -2.06. The lowest BCUT2D eigenvalue weighted by atomic mass is 9.83. The second-order valence-electron chi connectivity index (χ2n) is 20.7. The van der Waals surface area contributed by atoms with Crippen molar-refractivity contribution < 1.29 is 0 Å². The smallest absolute Gasteiger partial charge is 0.145 e. The van der Waals surface area contributed by atoms with Crippen LogP contribution >= 0.6 is 0 Å². The zero-order valence-corrected chi connectivity index (χ0v) is 41.6. The summed E-state index contributed by atoms with van der Waals surface area (Å²) in [6.07, 6.45) is 5.17. The molecule has 0 aliphatic rings. The molecule has 0 spiro atoms. The van der Waals surface area contributed by atoms with E-state index >= 15 is 0 Å². The number of rotatable bonds is 9. The minimum absolute atomic E-state index is 0.224. The Hall–Kier alpha value is -7.04. The quantitative estimate of drug-likeness (QED) is 0.135. The maximum absolute atomic E-state index is 5.34. The second kappa shape index (κ2) is 16.6. The molecule has 1 atom stereocenters. The van der Waals surface area contributed by atoms with Gasteiger partial charge in [-0.2, -0.15) is 0 Å². The van der Waals surface area contributed by atoms with Crippen LogP contribution in [0.4, 0.5) is 0 Å². The van der Waals surface area contributed by atoms with Crippen LogP contribution in [0.5, 0.6) is 0 Å². The van der Waals surface area contributed by atoms with Gasteiger partial charge in [-0.05, 0) is 154 Å². The monoisotopic (exact) mass is 886 g/mol. The van der Waals surface area contributed by atoms with Crippen molar-refractivity contribution in [1.29, 1.82) is 0 Å². The van der Waals surface area contributed by atoms with Gasteiger partial charge in [0.15, 0.2) is 0 Å². The molecule has 11 rings (SSSR count). The molecule has 0 amide bonds. The van der Waals surface area contributed by atoms with Crippen molar-refractivity contribution >= 4 is 54.6 Å². The predicted octanol–water partition coefficient (Wildman–Crippen LogP) is 17.5. The van der Waals surface area contributed by atoms with E-state index in [-0.39, 0.29) is 5.92 Å². The molecule has 0 aliphatic heterocycles. The number of imidazole rings is 2. The van der Waals surface area contributed by atoms with Crippen molar-refractivity contribution in [3.8, 4) is 33.6 Å². The van der Waals surface area contributed by atoms with Gasteiger partial charge in [-0.1, -0.05) is 152 Å². The van der Waals surface area contributed by atoms with Crippen LogP contribution in [0, 0.1) is 27.7 Å². The highest BCUT2D eigenvalue weighted by molar-refractivity contribution is 6.14. The SMILES string of the molecule is Cc1cc2c3cc(CC(C)c4cccc(C(C)C)c4-c4cnc5c6ccccc6c6cc(C)c(C)cc6n45)ccc3c3ncc(-c4c(C(C)C)cc(-c5ccccc5)cc4C(C)C)n3c2cc1C. The molecular formula is C64H62N4. The van der Waals surface area contributed by atoms with Gasteiger partial charge in [-0.15, -0.1) is 0 Å². The highest BCUT2D eigenvalue weighted by Gasteiger charge is 2.26. The fourth-order valence-corrected chi connectivity index (χ4v) is 11.3. The van der Waals surface area contributed by atoms with Gasteiger partial charge in [0.2, 0.25) is 0 Å². The molecule has 0 fully saturated rings. The van der Waals surface area contributed by atoms with Crippen LogP contribution < -0.4 is 0 Å². The molecule has 1 unspecified atom stereocenters. The molecule has 4 nitrogen and oxygen atoms in total. The number of aryl methyl sites for hydroxylation is 4. The first-order valence-corrected chi connectivity index (χ1v) is 24.8. The third-order valence-corrected chi connectivity index (χ3v) is 15.2. The predicted molar refractivity (Wildman–Crippen MR) is 290 cm³/mol. The van der Waals surface area contributed by atoms with Gasteiger partial charge < -0.3 is 0 Å². The second-order valence-corrected chi connectivity index (χ2v) is 20.7. The highest BCUT2D eigenvalue weighted by Crippen LogP contribution is 2.44. The lowest BCUT2D eigenvalue weighted by Gasteiger charge is -2.23. The maximum Gasteiger partial charge on any atom is 0.145 e. The average molecular weight is 887 g/mol. The number of benzene rings is 7. The van der Waals surface area contributed by atoms with Gasteiger partial charge in [0, 0.05) is 32.7 Å². The molecule has 0 radical (unpaired) electrons. The Balaban J connectivity index is 1.08. The summed E-state index contributed by atoms with van der Waals surface area (Å²) in [5, 5.41) is 7.39.